The zero-order valence-electron chi connectivity index (χ0n) is 11.9. The van der Waals surface area contributed by atoms with Crippen molar-refractivity contribution in [2.24, 2.45) is 0 Å². The number of nitrogens with zero attached hydrogens (tertiary/aromatic N) is 1. The lowest BCUT2D eigenvalue weighted by molar-refractivity contribution is -0.0409. The Morgan fingerprint density at radius 1 is 1.30 bits per heavy atom. The molecule has 2 saturated heterocycles. The van der Waals surface area contributed by atoms with Gasteiger partial charge in [-0.05, 0) is 31.9 Å². The van der Waals surface area contributed by atoms with Gasteiger partial charge >= 0.3 is 0 Å². The number of rotatable bonds is 5. The van der Waals surface area contributed by atoms with Crippen molar-refractivity contribution in [3.63, 3.8) is 0 Å². The van der Waals surface area contributed by atoms with Crippen molar-refractivity contribution >= 4 is 5.78 Å². The Balaban J connectivity index is 1.52. The molecule has 2 heterocycles. The van der Waals surface area contributed by atoms with Gasteiger partial charge in [-0.25, -0.2) is 0 Å². The lowest BCUT2D eigenvalue weighted by Gasteiger charge is -2.31. The van der Waals surface area contributed by atoms with E-state index >= 15 is 0 Å². The molecule has 1 aromatic carbocycles. The van der Waals surface area contributed by atoms with Crippen LogP contribution in [-0.4, -0.2) is 49.1 Å². The molecular formula is C16H21NO3. The van der Waals surface area contributed by atoms with Gasteiger partial charge in [0.2, 0.25) is 0 Å². The summed E-state index contributed by atoms with van der Waals surface area (Å²) >= 11 is 0. The van der Waals surface area contributed by atoms with Gasteiger partial charge in [0.15, 0.2) is 5.78 Å². The number of benzene rings is 1. The zero-order chi connectivity index (χ0) is 13.9. The Bertz CT molecular complexity index is 476. The summed E-state index contributed by atoms with van der Waals surface area (Å²) < 4.78 is 11.6. The van der Waals surface area contributed by atoms with E-state index in [0.29, 0.717) is 30.1 Å². The van der Waals surface area contributed by atoms with Crippen LogP contribution < -0.4 is 4.74 Å². The van der Waals surface area contributed by atoms with Crippen LogP contribution in [0.3, 0.4) is 0 Å². The van der Waals surface area contributed by atoms with E-state index in [1.807, 2.05) is 24.3 Å². The van der Waals surface area contributed by atoms with Crippen molar-refractivity contribution in [1.82, 2.24) is 4.90 Å². The fraction of sp³-hybridized carbons (Fsp3) is 0.562. The Kier molecular flexibility index (Phi) is 4.03. The van der Waals surface area contributed by atoms with Crippen LogP contribution in [0.25, 0.3) is 0 Å². The smallest absolute Gasteiger partial charge is 0.163 e. The predicted molar refractivity (Wildman–Crippen MR) is 76.3 cm³/mol. The molecule has 0 spiro atoms. The molecule has 3 rings (SSSR count). The third kappa shape index (κ3) is 3.02. The predicted octanol–water partition coefficient (Wildman–Crippen LogP) is 2.13. The van der Waals surface area contributed by atoms with Gasteiger partial charge in [-0.1, -0.05) is 12.1 Å². The maximum Gasteiger partial charge on any atom is 0.163 e. The maximum absolute atomic E-state index is 11.5. The second-order valence-electron chi connectivity index (χ2n) is 5.62. The molecule has 0 N–H and O–H groups in total. The van der Waals surface area contributed by atoms with Crippen LogP contribution in [-0.2, 0) is 4.74 Å². The fourth-order valence-electron chi connectivity index (χ4n) is 3.05. The van der Waals surface area contributed by atoms with Crippen molar-refractivity contribution in [3.05, 3.63) is 29.8 Å². The zero-order valence-corrected chi connectivity index (χ0v) is 11.9. The summed E-state index contributed by atoms with van der Waals surface area (Å²) in [6.45, 7) is 5.09. The summed E-state index contributed by atoms with van der Waals surface area (Å²) in [5.41, 5.74) is 0.662. The summed E-state index contributed by atoms with van der Waals surface area (Å²) in [4.78, 5) is 13.9. The summed E-state index contributed by atoms with van der Waals surface area (Å²) in [6.07, 6.45) is 3.21. The summed E-state index contributed by atoms with van der Waals surface area (Å²) in [5.74, 6) is 0.737. The van der Waals surface area contributed by atoms with Crippen molar-refractivity contribution in [2.45, 2.75) is 32.0 Å². The lowest BCUT2D eigenvalue weighted by atomic mass is 10.1. The number of carbonyl (C=O) groups is 1. The van der Waals surface area contributed by atoms with E-state index in [4.69, 9.17) is 9.47 Å². The van der Waals surface area contributed by atoms with Gasteiger partial charge in [-0.15, -0.1) is 0 Å². The molecule has 20 heavy (non-hydrogen) atoms. The second-order valence-corrected chi connectivity index (χ2v) is 5.62. The summed E-state index contributed by atoms with van der Waals surface area (Å²) in [7, 11) is 0. The van der Waals surface area contributed by atoms with Crippen LogP contribution in [0.15, 0.2) is 24.3 Å². The summed E-state index contributed by atoms with van der Waals surface area (Å²) in [6, 6.07) is 7.44. The molecule has 2 fully saturated rings. The molecule has 2 unspecified atom stereocenters. The molecule has 0 amide bonds. The van der Waals surface area contributed by atoms with Crippen molar-refractivity contribution in [2.75, 3.05) is 26.2 Å². The van der Waals surface area contributed by atoms with Crippen LogP contribution in [0.5, 0.6) is 5.75 Å². The number of ketones is 1. The number of morpholine rings is 1. The van der Waals surface area contributed by atoms with Gasteiger partial charge in [0.25, 0.3) is 0 Å². The highest BCUT2D eigenvalue weighted by Gasteiger charge is 2.33. The Labute approximate surface area is 119 Å². The van der Waals surface area contributed by atoms with Gasteiger partial charge in [0, 0.05) is 19.6 Å². The molecule has 1 aromatic rings. The second kappa shape index (κ2) is 5.94. The number of hydrogen-bond acceptors (Lipinski definition) is 4. The van der Waals surface area contributed by atoms with E-state index < -0.39 is 0 Å². The minimum atomic E-state index is 0.0463. The average Bonchev–Trinajstić information content (AvgIpc) is 2.78. The first kappa shape index (κ1) is 13.6. The quantitative estimate of drug-likeness (QED) is 0.772. The SMILES string of the molecule is CC(=O)c1ccccc1OCCN1CC2CCC(C1)O2. The average molecular weight is 275 g/mol. The number of carbonyl (C=O) groups excluding carboxylic acids is 1. The number of fused-ring (bicyclic) bond motifs is 2. The summed E-state index contributed by atoms with van der Waals surface area (Å²) in [5, 5.41) is 0. The molecule has 108 valence electrons. The minimum absolute atomic E-state index is 0.0463. The van der Waals surface area contributed by atoms with Gasteiger partial charge < -0.3 is 9.47 Å². The monoisotopic (exact) mass is 275 g/mol. The normalized spacial score (nSPS) is 25.6. The largest absolute Gasteiger partial charge is 0.491 e. The Hall–Kier alpha value is -1.39. The standard InChI is InChI=1S/C16H21NO3/c1-12(18)15-4-2-3-5-16(15)19-9-8-17-10-13-6-7-14(11-17)20-13/h2-5,13-14H,6-11H2,1H3. The van der Waals surface area contributed by atoms with E-state index in [0.717, 1.165) is 19.6 Å². The topological polar surface area (TPSA) is 38.8 Å². The molecular weight excluding hydrogens is 254 g/mol. The van der Waals surface area contributed by atoms with Crippen molar-refractivity contribution in [1.29, 1.82) is 0 Å². The van der Waals surface area contributed by atoms with Crippen molar-refractivity contribution in [3.8, 4) is 5.75 Å². The van der Waals surface area contributed by atoms with Crippen LogP contribution in [0.4, 0.5) is 0 Å². The molecule has 2 aliphatic heterocycles. The van der Waals surface area contributed by atoms with E-state index in [1.54, 1.807) is 6.92 Å². The molecule has 2 aliphatic rings. The molecule has 4 heteroatoms. The first-order valence-corrected chi connectivity index (χ1v) is 7.33. The number of likely N-dealkylation sites (tertiary alicyclic amines) is 1. The molecule has 4 nitrogen and oxygen atoms in total. The maximum atomic E-state index is 11.5. The van der Waals surface area contributed by atoms with Gasteiger partial charge in [0.1, 0.15) is 12.4 Å². The molecule has 2 atom stereocenters. The highest BCUT2D eigenvalue weighted by molar-refractivity contribution is 5.96. The highest BCUT2D eigenvalue weighted by atomic mass is 16.5. The first-order valence-electron chi connectivity index (χ1n) is 7.33. The van der Waals surface area contributed by atoms with Crippen LogP contribution >= 0.6 is 0 Å². The Morgan fingerprint density at radius 3 is 2.70 bits per heavy atom. The van der Waals surface area contributed by atoms with E-state index in [-0.39, 0.29) is 5.78 Å². The molecule has 0 aromatic heterocycles. The first-order chi connectivity index (χ1) is 9.72. The van der Waals surface area contributed by atoms with Crippen LogP contribution in [0.2, 0.25) is 0 Å². The third-order valence-corrected chi connectivity index (χ3v) is 4.05. The van der Waals surface area contributed by atoms with E-state index in [1.165, 1.54) is 12.8 Å². The minimum Gasteiger partial charge on any atom is -0.491 e. The third-order valence-electron chi connectivity index (χ3n) is 4.05. The molecule has 2 bridgehead atoms. The molecule has 0 saturated carbocycles. The van der Waals surface area contributed by atoms with Gasteiger partial charge in [0.05, 0.1) is 17.8 Å². The number of ether oxygens (including phenoxy) is 2. The number of hydrogen-bond donors (Lipinski definition) is 0. The van der Waals surface area contributed by atoms with Crippen LogP contribution in [0.1, 0.15) is 30.1 Å². The van der Waals surface area contributed by atoms with Gasteiger partial charge in [-0.3, -0.25) is 9.69 Å². The number of para-hydroxylation sites is 1. The molecule has 0 radical (unpaired) electrons. The van der Waals surface area contributed by atoms with E-state index in [2.05, 4.69) is 4.90 Å². The lowest BCUT2D eigenvalue weighted by Crippen LogP contribution is -2.44. The van der Waals surface area contributed by atoms with Crippen molar-refractivity contribution < 1.29 is 14.3 Å². The van der Waals surface area contributed by atoms with Gasteiger partial charge in [-0.2, -0.15) is 0 Å². The van der Waals surface area contributed by atoms with Crippen LogP contribution in [0, 0.1) is 0 Å². The number of Topliss-reactive ketones (excluding diaryl/α,β-unsaturated/α-hetero) is 1. The fourth-order valence-corrected chi connectivity index (χ4v) is 3.05. The highest BCUT2D eigenvalue weighted by Crippen LogP contribution is 2.26. The van der Waals surface area contributed by atoms with E-state index in [9.17, 15) is 4.79 Å². The Morgan fingerprint density at radius 2 is 2.00 bits per heavy atom. The molecule has 0 aliphatic carbocycles.